The van der Waals surface area contributed by atoms with Gasteiger partial charge in [-0.1, -0.05) is 0 Å². The summed E-state index contributed by atoms with van der Waals surface area (Å²) in [5.74, 6) is 0.625. The maximum atomic E-state index is 9.65. The van der Waals surface area contributed by atoms with E-state index in [9.17, 15) is 5.11 Å². The van der Waals surface area contributed by atoms with Crippen molar-refractivity contribution in [2.45, 2.75) is 46.2 Å². The first kappa shape index (κ1) is 15.3. The summed E-state index contributed by atoms with van der Waals surface area (Å²) in [5, 5.41) is 9.65. The molecule has 0 saturated heterocycles. The molecule has 0 fully saturated rings. The van der Waals surface area contributed by atoms with Crippen LogP contribution in [0, 0.1) is 0 Å². The van der Waals surface area contributed by atoms with E-state index in [1.54, 1.807) is 6.08 Å². The van der Waals surface area contributed by atoms with E-state index in [1.807, 2.05) is 32.6 Å². The van der Waals surface area contributed by atoms with Crippen LogP contribution in [0.25, 0.3) is 0 Å². The first-order chi connectivity index (χ1) is 7.03. The number of hydrogen-bond donors (Lipinski definition) is 1. The van der Waals surface area contributed by atoms with Gasteiger partial charge in [0, 0.05) is 0 Å². The highest BCUT2D eigenvalue weighted by atomic mass is 28.4. The number of aliphatic hydroxyl groups excluding tert-OH is 1. The van der Waals surface area contributed by atoms with E-state index in [0.29, 0.717) is 5.76 Å². The Morgan fingerprint density at radius 3 is 1.69 bits per heavy atom. The molecule has 0 aromatic heterocycles. The molecule has 0 heterocycles. The van der Waals surface area contributed by atoms with Crippen molar-refractivity contribution < 1.29 is 14.0 Å². The van der Waals surface area contributed by atoms with Crippen LogP contribution in [0.1, 0.15) is 6.92 Å². The van der Waals surface area contributed by atoms with Gasteiger partial charge >= 0.3 is 0 Å². The maximum absolute atomic E-state index is 9.65. The molecule has 0 aliphatic heterocycles. The zero-order valence-electron chi connectivity index (χ0n) is 11.4. The molecule has 0 amide bonds. The first-order valence-corrected chi connectivity index (χ1v) is 12.3. The van der Waals surface area contributed by atoms with E-state index in [-0.39, 0.29) is 5.95 Å². The molecule has 0 rings (SSSR count). The standard InChI is InChI=1S/C11H24O3Si2/c1-8-10(13-15(2,3)4)9-11(12)14-16(5,6)7/h8-9,12H,1-7H3/b10-8+,11-9+. The molecule has 94 valence electrons. The van der Waals surface area contributed by atoms with Crippen molar-refractivity contribution in [2.24, 2.45) is 0 Å². The molecular formula is C11H24O3Si2. The molecule has 3 nitrogen and oxygen atoms in total. The number of hydrogen-bond acceptors (Lipinski definition) is 3. The number of rotatable bonds is 5. The fourth-order valence-corrected chi connectivity index (χ4v) is 2.56. The van der Waals surface area contributed by atoms with Crippen LogP contribution in [0.3, 0.4) is 0 Å². The second-order valence-corrected chi connectivity index (χ2v) is 14.5. The summed E-state index contributed by atoms with van der Waals surface area (Å²) >= 11 is 0. The SMILES string of the molecule is C/C=C(\C=C(/O)O[Si](C)(C)C)O[Si](C)(C)C. The van der Waals surface area contributed by atoms with Gasteiger partial charge in [-0.05, 0) is 52.3 Å². The van der Waals surface area contributed by atoms with Crippen LogP contribution in [0.15, 0.2) is 23.9 Å². The molecule has 1 N–H and O–H groups in total. The first-order valence-electron chi connectivity index (χ1n) is 5.48. The third-order valence-electron chi connectivity index (χ3n) is 1.39. The van der Waals surface area contributed by atoms with Crippen LogP contribution < -0.4 is 0 Å². The smallest absolute Gasteiger partial charge is 0.266 e. The number of aliphatic hydroxyl groups is 1. The molecule has 0 aromatic carbocycles. The maximum Gasteiger partial charge on any atom is 0.266 e. The van der Waals surface area contributed by atoms with Crippen molar-refractivity contribution in [1.29, 1.82) is 0 Å². The Balaban J connectivity index is 4.60. The Bertz CT molecular complexity index is 283. The third kappa shape index (κ3) is 8.61. The van der Waals surface area contributed by atoms with E-state index in [1.165, 1.54) is 0 Å². The molecule has 0 bridgehead atoms. The third-order valence-corrected chi connectivity index (χ3v) is 3.05. The quantitative estimate of drug-likeness (QED) is 0.461. The van der Waals surface area contributed by atoms with Gasteiger partial charge in [0.2, 0.25) is 16.6 Å². The summed E-state index contributed by atoms with van der Waals surface area (Å²) in [6, 6.07) is 0. The van der Waals surface area contributed by atoms with Gasteiger partial charge in [0.1, 0.15) is 5.76 Å². The molecule has 0 atom stereocenters. The molecule has 5 heteroatoms. The summed E-state index contributed by atoms with van der Waals surface area (Å²) in [6.45, 7) is 14.2. The minimum atomic E-state index is -1.75. The second kappa shape index (κ2) is 5.59. The molecule has 0 aliphatic carbocycles. The van der Waals surface area contributed by atoms with E-state index in [4.69, 9.17) is 8.85 Å². The fraction of sp³-hybridized carbons (Fsp3) is 0.636. The lowest BCUT2D eigenvalue weighted by Gasteiger charge is -2.21. The normalized spacial score (nSPS) is 14.9. The Kier molecular flexibility index (Phi) is 5.35. The Labute approximate surface area is 101 Å². The average molecular weight is 260 g/mol. The van der Waals surface area contributed by atoms with Crippen LogP contribution in [0.4, 0.5) is 0 Å². The molecule has 0 aliphatic rings. The number of allylic oxidation sites excluding steroid dienone is 2. The Morgan fingerprint density at radius 2 is 1.38 bits per heavy atom. The monoisotopic (exact) mass is 260 g/mol. The van der Waals surface area contributed by atoms with Crippen LogP contribution in [0.2, 0.25) is 39.3 Å². The van der Waals surface area contributed by atoms with Gasteiger partial charge in [0.05, 0.1) is 6.08 Å². The lowest BCUT2D eigenvalue weighted by Crippen LogP contribution is -2.26. The van der Waals surface area contributed by atoms with Gasteiger partial charge in [-0.15, -0.1) is 0 Å². The summed E-state index contributed by atoms with van der Waals surface area (Å²) < 4.78 is 11.2. The van der Waals surface area contributed by atoms with Crippen molar-refractivity contribution >= 4 is 16.6 Å². The molecule has 0 radical (unpaired) electrons. The van der Waals surface area contributed by atoms with Gasteiger partial charge < -0.3 is 14.0 Å². The lowest BCUT2D eigenvalue weighted by atomic mass is 10.4. The Morgan fingerprint density at radius 1 is 0.938 bits per heavy atom. The van der Waals surface area contributed by atoms with Crippen molar-refractivity contribution in [3.8, 4) is 0 Å². The molecular weight excluding hydrogens is 236 g/mol. The van der Waals surface area contributed by atoms with Crippen LogP contribution in [-0.4, -0.2) is 21.7 Å². The predicted octanol–water partition coefficient (Wildman–Crippen LogP) is 3.99. The van der Waals surface area contributed by atoms with Gasteiger partial charge in [0.15, 0.2) is 0 Å². The van der Waals surface area contributed by atoms with Crippen molar-refractivity contribution in [3.05, 3.63) is 23.9 Å². The van der Waals surface area contributed by atoms with Crippen molar-refractivity contribution in [1.82, 2.24) is 0 Å². The molecule has 16 heavy (non-hydrogen) atoms. The fourth-order valence-electron chi connectivity index (χ4n) is 0.990. The van der Waals surface area contributed by atoms with Gasteiger partial charge in [-0.25, -0.2) is 0 Å². The van der Waals surface area contributed by atoms with Crippen molar-refractivity contribution in [2.75, 3.05) is 0 Å². The molecule has 0 spiro atoms. The largest absolute Gasteiger partial charge is 0.544 e. The summed E-state index contributed by atoms with van der Waals surface area (Å²) in [4.78, 5) is 0. The lowest BCUT2D eigenvalue weighted by molar-refractivity contribution is 0.201. The van der Waals surface area contributed by atoms with Crippen LogP contribution in [0.5, 0.6) is 0 Å². The zero-order valence-corrected chi connectivity index (χ0v) is 13.4. The van der Waals surface area contributed by atoms with E-state index in [2.05, 4.69) is 19.6 Å². The minimum Gasteiger partial charge on any atom is -0.544 e. The topological polar surface area (TPSA) is 38.7 Å². The van der Waals surface area contributed by atoms with E-state index < -0.39 is 16.6 Å². The van der Waals surface area contributed by atoms with E-state index >= 15 is 0 Å². The molecule has 0 aromatic rings. The minimum absolute atomic E-state index is 0.0504. The highest BCUT2D eigenvalue weighted by Gasteiger charge is 2.19. The summed E-state index contributed by atoms with van der Waals surface area (Å²) in [6.07, 6.45) is 3.39. The van der Waals surface area contributed by atoms with Gasteiger partial charge in [-0.3, -0.25) is 0 Å². The average Bonchev–Trinajstić information content (AvgIpc) is 1.96. The van der Waals surface area contributed by atoms with Gasteiger partial charge in [0.25, 0.3) is 5.95 Å². The van der Waals surface area contributed by atoms with E-state index in [0.717, 1.165) is 0 Å². The highest BCUT2D eigenvalue weighted by Crippen LogP contribution is 2.15. The highest BCUT2D eigenvalue weighted by molar-refractivity contribution is 6.70. The van der Waals surface area contributed by atoms with Crippen molar-refractivity contribution in [3.63, 3.8) is 0 Å². The zero-order chi connectivity index (χ0) is 13.0. The predicted molar refractivity (Wildman–Crippen MR) is 73.3 cm³/mol. The van der Waals surface area contributed by atoms with Crippen LogP contribution >= 0.6 is 0 Å². The molecule has 0 saturated carbocycles. The molecule has 0 unspecified atom stereocenters. The summed E-state index contributed by atoms with van der Waals surface area (Å²) in [7, 11) is -3.38. The van der Waals surface area contributed by atoms with Crippen LogP contribution in [-0.2, 0) is 8.85 Å². The second-order valence-electron chi connectivity index (χ2n) is 5.60. The van der Waals surface area contributed by atoms with Gasteiger partial charge in [-0.2, -0.15) is 0 Å². The Hall–Kier alpha value is -0.686. The summed E-state index contributed by atoms with van der Waals surface area (Å²) in [5.41, 5.74) is 0.